The molecule has 0 saturated heterocycles. The molecule has 0 aromatic carbocycles. The maximum atomic E-state index is 12.6. The van der Waals surface area contributed by atoms with Crippen LogP contribution in [0.2, 0.25) is 0 Å². The van der Waals surface area contributed by atoms with E-state index in [2.05, 4.69) is 14.5 Å². The first-order valence-electron chi connectivity index (χ1n) is 4.87. The predicted octanol–water partition coefficient (Wildman–Crippen LogP) is 1.87. The van der Waals surface area contributed by atoms with Gasteiger partial charge in [-0.3, -0.25) is 4.79 Å². The summed E-state index contributed by atoms with van der Waals surface area (Å²) in [6.45, 7) is -1.24. The summed E-state index contributed by atoms with van der Waals surface area (Å²) in [6, 6.07) is 0.601. The fourth-order valence-corrected chi connectivity index (χ4v) is 1.23. The molecule has 0 atom stereocenters. The van der Waals surface area contributed by atoms with E-state index in [1.165, 1.54) is 0 Å². The molecule has 0 aliphatic carbocycles. The van der Waals surface area contributed by atoms with Crippen molar-refractivity contribution in [1.29, 1.82) is 0 Å². The molecule has 1 aromatic rings. The third kappa shape index (κ3) is 4.27. The Kier molecular flexibility index (Phi) is 4.52. The lowest BCUT2D eigenvalue weighted by molar-refractivity contribution is -0.276. The molecule has 5 nitrogen and oxygen atoms in total. The number of carbonyl (C=O) groups excluding carboxylic acids is 1. The molecule has 1 N–H and O–H groups in total. The number of halogens is 4. The van der Waals surface area contributed by atoms with Gasteiger partial charge < -0.3 is 14.6 Å². The number of ether oxygens (including phenoxy) is 2. The van der Waals surface area contributed by atoms with E-state index in [0.29, 0.717) is 6.07 Å². The molecular formula is C10H9F4NO4. The molecule has 0 bridgehead atoms. The van der Waals surface area contributed by atoms with Crippen molar-refractivity contribution >= 4 is 5.97 Å². The van der Waals surface area contributed by atoms with Crippen LogP contribution in [0.1, 0.15) is 11.3 Å². The van der Waals surface area contributed by atoms with Crippen LogP contribution in [0.15, 0.2) is 6.07 Å². The molecule has 1 heterocycles. The quantitative estimate of drug-likeness (QED) is 0.675. The number of aromatic hydroxyl groups is 1. The summed E-state index contributed by atoms with van der Waals surface area (Å²) in [4.78, 5) is 14.3. The van der Waals surface area contributed by atoms with Crippen LogP contribution in [-0.4, -0.2) is 29.5 Å². The van der Waals surface area contributed by atoms with E-state index in [4.69, 9.17) is 0 Å². The smallest absolute Gasteiger partial charge is 0.506 e. The number of hydrogen-bond donors (Lipinski definition) is 1. The summed E-state index contributed by atoms with van der Waals surface area (Å²) in [5.74, 6) is -2.52. The van der Waals surface area contributed by atoms with Gasteiger partial charge in [0.05, 0.1) is 19.2 Å². The van der Waals surface area contributed by atoms with Crippen molar-refractivity contribution in [1.82, 2.24) is 4.98 Å². The van der Waals surface area contributed by atoms with E-state index in [1.54, 1.807) is 0 Å². The van der Waals surface area contributed by atoms with E-state index in [9.17, 15) is 27.5 Å². The van der Waals surface area contributed by atoms with Crippen molar-refractivity contribution < 1.29 is 36.9 Å². The highest BCUT2D eigenvalue weighted by Gasteiger charge is 2.32. The fourth-order valence-electron chi connectivity index (χ4n) is 1.23. The fraction of sp³-hybridized carbons (Fsp3) is 0.400. The van der Waals surface area contributed by atoms with Gasteiger partial charge in [0.15, 0.2) is 0 Å². The number of aromatic nitrogens is 1. The van der Waals surface area contributed by atoms with Crippen molar-refractivity contribution in [2.75, 3.05) is 7.11 Å². The first-order chi connectivity index (χ1) is 8.76. The molecule has 0 saturated carbocycles. The van der Waals surface area contributed by atoms with E-state index < -0.39 is 48.3 Å². The standard InChI is InChI=1S/C10H9F4NO4/c1-18-8(16)3-6-9(17)5(4-11)2-7(15-6)19-10(12,13)14/h2,17H,3-4H2,1H3. The topological polar surface area (TPSA) is 68.7 Å². The zero-order valence-corrected chi connectivity index (χ0v) is 9.62. The summed E-state index contributed by atoms with van der Waals surface area (Å²) in [6.07, 6.45) is -5.62. The molecule has 106 valence electrons. The van der Waals surface area contributed by atoms with Gasteiger partial charge in [-0.05, 0) is 0 Å². The lowest BCUT2D eigenvalue weighted by Crippen LogP contribution is -2.19. The first kappa shape index (κ1) is 15.0. The molecular weight excluding hydrogens is 274 g/mol. The Hall–Kier alpha value is -2.06. The summed E-state index contributed by atoms with van der Waals surface area (Å²) < 4.78 is 56.4. The van der Waals surface area contributed by atoms with Crippen molar-refractivity contribution in [2.45, 2.75) is 19.5 Å². The zero-order chi connectivity index (χ0) is 14.6. The summed E-state index contributed by atoms with van der Waals surface area (Å²) in [5, 5.41) is 9.51. The minimum absolute atomic E-state index is 0.457. The highest BCUT2D eigenvalue weighted by atomic mass is 19.4. The van der Waals surface area contributed by atoms with Gasteiger partial charge in [-0.2, -0.15) is 0 Å². The number of hydrogen-bond acceptors (Lipinski definition) is 5. The number of pyridine rings is 1. The molecule has 0 aliphatic heterocycles. The van der Waals surface area contributed by atoms with E-state index >= 15 is 0 Å². The average molecular weight is 283 g/mol. The Morgan fingerprint density at radius 1 is 1.47 bits per heavy atom. The van der Waals surface area contributed by atoms with Crippen LogP contribution >= 0.6 is 0 Å². The summed E-state index contributed by atoms with van der Waals surface area (Å²) >= 11 is 0. The summed E-state index contributed by atoms with van der Waals surface area (Å²) in [7, 11) is 1.05. The highest BCUT2D eigenvalue weighted by molar-refractivity contribution is 5.73. The largest absolute Gasteiger partial charge is 0.574 e. The van der Waals surface area contributed by atoms with Crippen LogP contribution in [0.3, 0.4) is 0 Å². The Morgan fingerprint density at radius 3 is 2.58 bits per heavy atom. The van der Waals surface area contributed by atoms with Crippen LogP contribution in [0.5, 0.6) is 11.6 Å². The van der Waals surface area contributed by atoms with Crippen molar-refractivity contribution in [2.24, 2.45) is 0 Å². The second-order valence-corrected chi connectivity index (χ2v) is 3.35. The van der Waals surface area contributed by atoms with Crippen molar-refractivity contribution in [3.05, 3.63) is 17.3 Å². The number of methoxy groups -OCH3 is 1. The number of alkyl halides is 4. The van der Waals surface area contributed by atoms with Gasteiger partial charge in [0.25, 0.3) is 0 Å². The molecule has 1 aromatic heterocycles. The van der Waals surface area contributed by atoms with E-state index in [1.807, 2.05) is 0 Å². The van der Waals surface area contributed by atoms with Gasteiger partial charge >= 0.3 is 12.3 Å². The normalized spacial score (nSPS) is 11.2. The Balaban J connectivity index is 3.14. The number of carbonyl (C=O) groups is 1. The first-order valence-corrected chi connectivity index (χ1v) is 4.87. The van der Waals surface area contributed by atoms with Crippen molar-refractivity contribution in [3.8, 4) is 11.6 Å². The molecule has 0 spiro atoms. The van der Waals surface area contributed by atoms with Gasteiger partial charge in [0.2, 0.25) is 5.88 Å². The van der Waals surface area contributed by atoms with Gasteiger partial charge in [-0.15, -0.1) is 13.2 Å². The lowest BCUT2D eigenvalue weighted by atomic mass is 10.1. The minimum atomic E-state index is -5.01. The summed E-state index contributed by atoms with van der Waals surface area (Å²) in [5.41, 5.74) is -0.922. The predicted molar refractivity (Wildman–Crippen MR) is 53.1 cm³/mol. The molecule has 9 heteroatoms. The average Bonchev–Trinajstić information content (AvgIpc) is 2.30. The van der Waals surface area contributed by atoms with Crippen molar-refractivity contribution in [3.63, 3.8) is 0 Å². The Morgan fingerprint density at radius 2 is 2.11 bits per heavy atom. The maximum Gasteiger partial charge on any atom is 0.574 e. The molecule has 19 heavy (non-hydrogen) atoms. The third-order valence-corrected chi connectivity index (χ3v) is 2.02. The number of rotatable bonds is 4. The highest BCUT2D eigenvalue weighted by Crippen LogP contribution is 2.29. The van der Waals surface area contributed by atoms with Gasteiger partial charge in [0.1, 0.15) is 12.4 Å². The second kappa shape index (κ2) is 5.72. The van der Waals surface area contributed by atoms with Gasteiger partial charge in [0, 0.05) is 11.6 Å². The number of nitrogens with zero attached hydrogens (tertiary/aromatic N) is 1. The van der Waals surface area contributed by atoms with Crippen LogP contribution in [0.25, 0.3) is 0 Å². The molecule has 0 unspecified atom stereocenters. The third-order valence-electron chi connectivity index (χ3n) is 2.02. The molecule has 0 aliphatic rings. The lowest BCUT2D eigenvalue weighted by Gasteiger charge is -2.12. The SMILES string of the molecule is COC(=O)Cc1nc(OC(F)(F)F)cc(CF)c1O. The molecule has 1 rings (SSSR count). The van der Waals surface area contributed by atoms with Gasteiger partial charge in [-0.1, -0.05) is 0 Å². The van der Waals surface area contributed by atoms with Gasteiger partial charge in [-0.25, -0.2) is 9.37 Å². The second-order valence-electron chi connectivity index (χ2n) is 3.35. The van der Waals surface area contributed by atoms with Crippen LogP contribution in [0.4, 0.5) is 17.6 Å². The Labute approximate surface area is 104 Å². The molecule has 0 fully saturated rings. The minimum Gasteiger partial charge on any atom is -0.506 e. The van der Waals surface area contributed by atoms with E-state index in [0.717, 1.165) is 7.11 Å². The van der Waals surface area contributed by atoms with Crippen LogP contribution in [0, 0.1) is 0 Å². The molecule has 0 amide bonds. The molecule has 0 radical (unpaired) electrons. The maximum absolute atomic E-state index is 12.6. The number of esters is 1. The zero-order valence-electron chi connectivity index (χ0n) is 9.62. The van der Waals surface area contributed by atoms with Crippen LogP contribution in [-0.2, 0) is 22.6 Å². The van der Waals surface area contributed by atoms with E-state index in [-0.39, 0.29) is 0 Å². The monoisotopic (exact) mass is 283 g/mol. The Bertz CT molecular complexity index is 475. The van der Waals surface area contributed by atoms with Crippen LogP contribution < -0.4 is 4.74 Å².